The summed E-state index contributed by atoms with van der Waals surface area (Å²) in [6, 6.07) is 11.7. The highest BCUT2D eigenvalue weighted by atomic mass is 16.5. The zero-order valence-corrected chi connectivity index (χ0v) is 12.5. The minimum Gasteiger partial charge on any atom is -0.467 e. The molecule has 0 aliphatic carbocycles. The third-order valence-electron chi connectivity index (χ3n) is 3.04. The molecule has 0 amide bonds. The van der Waals surface area contributed by atoms with E-state index in [4.69, 9.17) is 9.15 Å². The summed E-state index contributed by atoms with van der Waals surface area (Å²) in [5.74, 6) is 0.758. The summed E-state index contributed by atoms with van der Waals surface area (Å²) in [5, 5.41) is 13.1. The first-order valence-corrected chi connectivity index (χ1v) is 6.94. The van der Waals surface area contributed by atoms with Crippen LogP contribution in [-0.4, -0.2) is 38.5 Å². The number of aliphatic hydroxyl groups excluding tert-OH is 1. The zero-order chi connectivity index (χ0) is 15.1. The molecule has 1 aromatic carbocycles. The van der Waals surface area contributed by atoms with E-state index >= 15 is 0 Å². The van der Waals surface area contributed by atoms with Gasteiger partial charge in [-0.25, -0.2) is 0 Å². The van der Waals surface area contributed by atoms with Crippen LogP contribution in [0.1, 0.15) is 5.76 Å². The first-order chi connectivity index (χ1) is 10.1. The predicted molar refractivity (Wildman–Crippen MR) is 83.6 cm³/mol. The molecule has 0 saturated carbocycles. The Morgan fingerprint density at radius 3 is 2.86 bits per heavy atom. The van der Waals surface area contributed by atoms with Crippen LogP contribution in [0.5, 0.6) is 0 Å². The number of anilines is 2. The Labute approximate surface area is 125 Å². The topological polar surface area (TPSA) is 57.9 Å². The van der Waals surface area contributed by atoms with Crippen LogP contribution < -0.4 is 10.2 Å². The molecule has 1 heterocycles. The standard InChI is InChI=1S/C16H22N2O3/c1-18(2)14-6-3-5-13(9-14)17-10-15(19)11-20-12-16-7-4-8-21-16/h3-9,15,17,19H,10-12H2,1-2H3. The quantitative estimate of drug-likeness (QED) is 0.781. The first kappa shape index (κ1) is 15.4. The van der Waals surface area contributed by atoms with Gasteiger partial charge in [-0.3, -0.25) is 0 Å². The molecule has 2 aromatic rings. The van der Waals surface area contributed by atoms with Gasteiger partial charge in [0, 0.05) is 32.0 Å². The maximum Gasteiger partial charge on any atom is 0.129 e. The number of aliphatic hydroxyl groups is 1. The molecule has 0 aliphatic rings. The first-order valence-electron chi connectivity index (χ1n) is 6.94. The van der Waals surface area contributed by atoms with Crippen molar-refractivity contribution in [1.82, 2.24) is 0 Å². The molecule has 0 spiro atoms. The number of hydrogen-bond acceptors (Lipinski definition) is 5. The van der Waals surface area contributed by atoms with E-state index < -0.39 is 6.10 Å². The van der Waals surface area contributed by atoms with Crippen LogP contribution in [0.15, 0.2) is 47.1 Å². The molecule has 5 heteroatoms. The van der Waals surface area contributed by atoms with Crippen LogP contribution in [0, 0.1) is 0 Å². The SMILES string of the molecule is CN(C)c1cccc(NCC(O)COCc2ccco2)c1. The van der Waals surface area contributed by atoms with Crippen molar-refractivity contribution in [2.45, 2.75) is 12.7 Å². The van der Waals surface area contributed by atoms with Crippen LogP contribution >= 0.6 is 0 Å². The highest BCUT2D eigenvalue weighted by molar-refractivity contribution is 5.57. The largest absolute Gasteiger partial charge is 0.467 e. The molecule has 2 rings (SSSR count). The molecule has 1 aromatic heterocycles. The number of nitrogens with one attached hydrogen (secondary N) is 1. The second-order valence-corrected chi connectivity index (χ2v) is 5.07. The summed E-state index contributed by atoms with van der Waals surface area (Å²) >= 11 is 0. The van der Waals surface area contributed by atoms with E-state index in [1.807, 2.05) is 55.4 Å². The van der Waals surface area contributed by atoms with E-state index in [2.05, 4.69) is 5.32 Å². The lowest BCUT2D eigenvalue weighted by molar-refractivity contribution is 0.0282. The number of benzene rings is 1. The lowest BCUT2D eigenvalue weighted by atomic mass is 10.2. The van der Waals surface area contributed by atoms with Crippen molar-refractivity contribution in [3.63, 3.8) is 0 Å². The maximum atomic E-state index is 9.89. The fourth-order valence-electron chi connectivity index (χ4n) is 1.88. The fourth-order valence-corrected chi connectivity index (χ4v) is 1.88. The highest BCUT2D eigenvalue weighted by Gasteiger charge is 2.06. The van der Waals surface area contributed by atoms with Crippen molar-refractivity contribution in [2.24, 2.45) is 0 Å². The van der Waals surface area contributed by atoms with E-state index in [-0.39, 0.29) is 6.61 Å². The Morgan fingerprint density at radius 1 is 1.29 bits per heavy atom. The molecule has 0 fully saturated rings. The summed E-state index contributed by atoms with van der Waals surface area (Å²) in [6.45, 7) is 1.08. The van der Waals surface area contributed by atoms with Crippen LogP contribution in [0.4, 0.5) is 11.4 Å². The van der Waals surface area contributed by atoms with Gasteiger partial charge < -0.3 is 24.5 Å². The Hall–Kier alpha value is -1.98. The summed E-state index contributed by atoms with van der Waals surface area (Å²) < 4.78 is 10.6. The van der Waals surface area contributed by atoms with Gasteiger partial charge in [0.1, 0.15) is 12.4 Å². The summed E-state index contributed by atoms with van der Waals surface area (Å²) in [5.41, 5.74) is 2.09. The van der Waals surface area contributed by atoms with Gasteiger partial charge in [0.05, 0.1) is 19.0 Å². The van der Waals surface area contributed by atoms with E-state index in [0.29, 0.717) is 13.2 Å². The Balaban J connectivity index is 1.70. The van der Waals surface area contributed by atoms with Gasteiger partial charge in [0.25, 0.3) is 0 Å². The van der Waals surface area contributed by atoms with Crippen molar-refractivity contribution in [3.05, 3.63) is 48.4 Å². The molecular formula is C16H22N2O3. The average molecular weight is 290 g/mol. The molecule has 5 nitrogen and oxygen atoms in total. The fraction of sp³-hybridized carbons (Fsp3) is 0.375. The second kappa shape index (κ2) is 7.71. The minimum absolute atomic E-state index is 0.265. The maximum absolute atomic E-state index is 9.89. The second-order valence-electron chi connectivity index (χ2n) is 5.07. The molecule has 0 saturated heterocycles. The molecule has 1 unspecified atom stereocenters. The number of ether oxygens (including phenoxy) is 1. The van der Waals surface area contributed by atoms with Crippen LogP contribution in [0.3, 0.4) is 0 Å². The normalized spacial score (nSPS) is 12.1. The number of furan rings is 1. The van der Waals surface area contributed by atoms with Crippen LogP contribution in [-0.2, 0) is 11.3 Å². The lowest BCUT2D eigenvalue weighted by Gasteiger charge is -2.16. The average Bonchev–Trinajstić information content (AvgIpc) is 2.99. The summed E-state index contributed by atoms with van der Waals surface area (Å²) in [7, 11) is 3.99. The molecule has 0 aliphatic heterocycles. The van der Waals surface area contributed by atoms with Crippen LogP contribution in [0.25, 0.3) is 0 Å². The number of hydrogen-bond donors (Lipinski definition) is 2. The van der Waals surface area contributed by atoms with E-state index in [0.717, 1.165) is 17.1 Å². The summed E-state index contributed by atoms with van der Waals surface area (Å²) in [4.78, 5) is 2.04. The highest BCUT2D eigenvalue weighted by Crippen LogP contribution is 2.17. The van der Waals surface area contributed by atoms with Crippen molar-refractivity contribution >= 4 is 11.4 Å². The minimum atomic E-state index is -0.567. The van der Waals surface area contributed by atoms with Crippen molar-refractivity contribution in [2.75, 3.05) is 37.5 Å². The van der Waals surface area contributed by atoms with Gasteiger partial charge in [-0.1, -0.05) is 6.07 Å². The van der Waals surface area contributed by atoms with Gasteiger partial charge in [-0.05, 0) is 30.3 Å². The Bertz CT molecular complexity index is 526. The van der Waals surface area contributed by atoms with Gasteiger partial charge >= 0.3 is 0 Å². The van der Waals surface area contributed by atoms with Crippen molar-refractivity contribution < 1.29 is 14.3 Å². The Morgan fingerprint density at radius 2 is 2.14 bits per heavy atom. The molecule has 0 radical (unpaired) electrons. The summed E-state index contributed by atoms with van der Waals surface area (Å²) in [6.07, 6.45) is 1.04. The Kier molecular flexibility index (Phi) is 5.66. The van der Waals surface area contributed by atoms with Crippen LogP contribution in [0.2, 0.25) is 0 Å². The van der Waals surface area contributed by atoms with Gasteiger partial charge in [-0.15, -0.1) is 0 Å². The molecule has 1 atom stereocenters. The molecule has 21 heavy (non-hydrogen) atoms. The van der Waals surface area contributed by atoms with E-state index in [1.165, 1.54) is 0 Å². The van der Waals surface area contributed by atoms with E-state index in [1.54, 1.807) is 6.26 Å². The predicted octanol–water partition coefficient (Wildman–Crippen LogP) is 2.34. The third kappa shape index (κ3) is 5.13. The molecule has 0 bridgehead atoms. The van der Waals surface area contributed by atoms with Gasteiger partial charge in [-0.2, -0.15) is 0 Å². The monoisotopic (exact) mass is 290 g/mol. The number of rotatable bonds is 8. The van der Waals surface area contributed by atoms with E-state index in [9.17, 15) is 5.11 Å². The van der Waals surface area contributed by atoms with Crippen molar-refractivity contribution in [3.8, 4) is 0 Å². The van der Waals surface area contributed by atoms with Gasteiger partial charge in [0.2, 0.25) is 0 Å². The third-order valence-corrected chi connectivity index (χ3v) is 3.04. The van der Waals surface area contributed by atoms with Gasteiger partial charge in [0.15, 0.2) is 0 Å². The smallest absolute Gasteiger partial charge is 0.129 e. The molecule has 2 N–H and O–H groups in total. The zero-order valence-electron chi connectivity index (χ0n) is 12.5. The molecule has 114 valence electrons. The lowest BCUT2D eigenvalue weighted by Crippen LogP contribution is -2.24. The number of nitrogens with zero attached hydrogens (tertiary/aromatic N) is 1. The van der Waals surface area contributed by atoms with Crippen molar-refractivity contribution in [1.29, 1.82) is 0 Å². The molecular weight excluding hydrogens is 268 g/mol.